The van der Waals surface area contributed by atoms with Gasteiger partial charge in [0.05, 0.1) is 18.8 Å². The lowest BCUT2D eigenvalue weighted by Gasteiger charge is -2.29. The van der Waals surface area contributed by atoms with Crippen molar-refractivity contribution in [2.24, 2.45) is 0 Å². The number of nitrogens with one attached hydrogen (secondary N) is 2. The van der Waals surface area contributed by atoms with Crippen LogP contribution in [0.4, 0.5) is 0 Å². The second kappa shape index (κ2) is 8.49. The van der Waals surface area contributed by atoms with Crippen LogP contribution in [0.1, 0.15) is 44.6 Å². The fourth-order valence-corrected chi connectivity index (χ4v) is 3.39. The topological polar surface area (TPSA) is 59.6 Å². The van der Waals surface area contributed by atoms with E-state index < -0.39 is 0 Å². The lowest BCUT2D eigenvalue weighted by atomic mass is 9.98. The Bertz CT molecular complexity index is 526. The number of rotatable bonds is 5. The number of carbonyl (C=O) groups excluding carboxylic acids is 1. The molecule has 5 nitrogen and oxygen atoms in total. The van der Waals surface area contributed by atoms with E-state index in [1.807, 2.05) is 31.2 Å². The zero-order valence-electron chi connectivity index (χ0n) is 14.4. The van der Waals surface area contributed by atoms with Gasteiger partial charge >= 0.3 is 0 Å². The highest BCUT2D eigenvalue weighted by molar-refractivity contribution is 5.82. The van der Waals surface area contributed by atoms with Crippen LogP contribution < -0.4 is 15.4 Å². The number of ether oxygens (including phenoxy) is 2. The Labute approximate surface area is 144 Å². The third-order valence-corrected chi connectivity index (χ3v) is 4.84. The molecule has 2 aliphatic rings. The van der Waals surface area contributed by atoms with Crippen LogP contribution in [0.25, 0.3) is 0 Å². The fourth-order valence-electron chi connectivity index (χ4n) is 3.39. The molecule has 1 heterocycles. The summed E-state index contributed by atoms with van der Waals surface area (Å²) in [7, 11) is 0. The molecule has 132 valence electrons. The first-order valence-corrected chi connectivity index (χ1v) is 9.10. The first-order valence-electron chi connectivity index (χ1n) is 9.10. The van der Waals surface area contributed by atoms with Crippen molar-refractivity contribution in [2.45, 2.75) is 63.8 Å². The second-order valence-corrected chi connectivity index (χ2v) is 6.75. The number of morpholine rings is 1. The zero-order valence-corrected chi connectivity index (χ0v) is 14.4. The first kappa shape index (κ1) is 17.2. The molecule has 0 unspecified atom stereocenters. The summed E-state index contributed by atoms with van der Waals surface area (Å²) in [6.45, 7) is 3.82. The van der Waals surface area contributed by atoms with Crippen molar-refractivity contribution in [1.82, 2.24) is 10.6 Å². The van der Waals surface area contributed by atoms with E-state index in [-0.39, 0.29) is 18.1 Å². The minimum Gasteiger partial charge on any atom is -0.490 e. The Kier molecular flexibility index (Phi) is 6.10. The van der Waals surface area contributed by atoms with E-state index in [1.165, 1.54) is 19.3 Å². The van der Waals surface area contributed by atoms with Crippen LogP contribution in [0, 0.1) is 0 Å². The number of hydrogen-bond acceptors (Lipinski definition) is 4. The average molecular weight is 332 g/mol. The molecule has 1 saturated carbocycles. The highest BCUT2D eigenvalue weighted by Gasteiger charge is 2.27. The lowest BCUT2D eigenvalue weighted by molar-refractivity contribution is -0.129. The second-order valence-electron chi connectivity index (χ2n) is 6.75. The Morgan fingerprint density at radius 1 is 1.25 bits per heavy atom. The molecule has 0 radical (unpaired) electrons. The maximum absolute atomic E-state index is 12.2. The molecule has 24 heavy (non-hydrogen) atoms. The normalized spacial score (nSPS) is 25.2. The van der Waals surface area contributed by atoms with Gasteiger partial charge in [0.1, 0.15) is 11.8 Å². The van der Waals surface area contributed by atoms with Crippen LogP contribution >= 0.6 is 0 Å². The van der Waals surface area contributed by atoms with Gasteiger partial charge in [-0.25, -0.2) is 0 Å². The van der Waals surface area contributed by atoms with Gasteiger partial charge in [0, 0.05) is 13.1 Å². The Morgan fingerprint density at radius 3 is 2.71 bits per heavy atom. The molecule has 0 bridgehead atoms. The molecule has 2 atom stereocenters. The quantitative estimate of drug-likeness (QED) is 0.869. The molecule has 1 aromatic carbocycles. The molecule has 1 saturated heterocycles. The molecule has 3 rings (SSSR count). The molecular formula is C19H28N2O3. The van der Waals surface area contributed by atoms with E-state index >= 15 is 0 Å². The van der Waals surface area contributed by atoms with E-state index in [4.69, 9.17) is 9.47 Å². The van der Waals surface area contributed by atoms with Crippen LogP contribution in [0.2, 0.25) is 0 Å². The summed E-state index contributed by atoms with van der Waals surface area (Å²) in [4.78, 5) is 12.2. The van der Waals surface area contributed by atoms with Crippen LogP contribution in [0.5, 0.6) is 5.75 Å². The summed E-state index contributed by atoms with van der Waals surface area (Å²) in [5, 5.41) is 6.18. The number of hydrogen-bond donors (Lipinski definition) is 2. The Morgan fingerprint density at radius 2 is 2.00 bits per heavy atom. The SMILES string of the molecule is C[C@H]1OCCN[C@@H]1C(=O)NCc1ccc(OC2CCCCC2)cc1. The van der Waals surface area contributed by atoms with E-state index in [0.29, 0.717) is 19.3 Å². The molecule has 0 aromatic heterocycles. The van der Waals surface area contributed by atoms with Crippen molar-refractivity contribution in [3.63, 3.8) is 0 Å². The van der Waals surface area contributed by atoms with Gasteiger partial charge in [-0.1, -0.05) is 18.6 Å². The van der Waals surface area contributed by atoms with Gasteiger partial charge < -0.3 is 20.1 Å². The maximum Gasteiger partial charge on any atom is 0.240 e. The van der Waals surface area contributed by atoms with Gasteiger partial charge in [0.2, 0.25) is 5.91 Å². The average Bonchev–Trinajstić information content (AvgIpc) is 2.62. The highest BCUT2D eigenvalue weighted by Crippen LogP contribution is 2.23. The highest BCUT2D eigenvalue weighted by atomic mass is 16.5. The van der Waals surface area contributed by atoms with Crippen LogP contribution in [-0.4, -0.2) is 37.3 Å². The van der Waals surface area contributed by atoms with E-state index in [1.54, 1.807) is 0 Å². The largest absolute Gasteiger partial charge is 0.490 e. The van der Waals surface area contributed by atoms with Crippen LogP contribution in [-0.2, 0) is 16.1 Å². The van der Waals surface area contributed by atoms with Gasteiger partial charge in [0.25, 0.3) is 0 Å². The summed E-state index contributed by atoms with van der Waals surface area (Å²) in [6, 6.07) is 7.77. The predicted molar refractivity (Wildman–Crippen MR) is 93.0 cm³/mol. The first-order chi connectivity index (χ1) is 11.7. The minimum atomic E-state index is -0.271. The summed E-state index contributed by atoms with van der Waals surface area (Å²) in [5.41, 5.74) is 1.07. The van der Waals surface area contributed by atoms with Crippen LogP contribution in [0.15, 0.2) is 24.3 Å². The molecule has 0 spiro atoms. The zero-order chi connectivity index (χ0) is 16.8. The van der Waals surface area contributed by atoms with E-state index in [0.717, 1.165) is 30.7 Å². The van der Waals surface area contributed by atoms with Gasteiger partial charge in [-0.2, -0.15) is 0 Å². The van der Waals surface area contributed by atoms with Gasteiger partial charge in [-0.15, -0.1) is 0 Å². The fraction of sp³-hybridized carbons (Fsp3) is 0.632. The maximum atomic E-state index is 12.2. The summed E-state index contributed by atoms with van der Waals surface area (Å²) < 4.78 is 11.5. The van der Waals surface area contributed by atoms with Gasteiger partial charge in [0.15, 0.2) is 0 Å². The summed E-state index contributed by atoms with van der Waals surface area (Å²) in [6.07, 6.45) is 6.46. The molecule has 1 aromatic rings. The molecule has 1 aliphatic carbocycles. The van der Waals surface area contributed by atoms with E-state index in [2.05, 4.69) is 10.6 Å². The molecule has 5 heteroatoms. The van der Waals surface area contributed by atoms with Crippen molar-refractivity contribution in [1.29, 1.82) is 0 Å². The Balaban J connectivity index is 1.46. The van der Waals surface area contributed by atoms with Crippen molar-refractivity contribution >= 4 is 5.91 Å². The van der Waals surface area contributed by atoms with Crippen molar-refractivity contribution in [3.8, 4) is 5.75 Å². The minimum absolute atomic E-state index is 0.00951. The smallest absolute Gasteiger partial charge is 0.240 e. The lowest BCUT2D eigenvalue weighted by Crippen LogP contribution is -2.55. The van der Waals surface area contributed by atoms with Gasteiger partial charge in [-0.05, 0) is 50.3 Å². The van der Waals surface area contributed by atoms with Crippen molar-refractivity contribution < 1.29 is 14.3 Å². The van der Waals surface area contributed by atoms with Crippen molar-refractivity contribution in [3.05, 3.63) is 29.8 Å². The molecular weight excluding hydrogens is 304 g/mol. The molecule has 1 aliphatic heterocycles. The molecule has 2 N–H and O–H groups in total. The van der Waals surface area contributed by atoms with E-state index in [9.17, 15) is 4.79 Å². The number of carbonyl (C=O) groups is 1. The van der Waals surface area contributed by atoms with Crippen molar-refractivity contribution in [2.75, 3.05) is 13.2 Å². The molecule has 1 amide bonds. The summed E-state index contributed by atoms with van der Waals surface area (Å²) >= 11 is 0. The standard InChI is InChI=1S/C19H28N2O3/c1-14-18(20-11-12-23-14)19(22)21-13-15-7-9-17(10-8-15)24-16-5-3-2-4-6-16/h7-10,14,16,18,20H,2-6,11-13H2,1H3,(H,21,22)/t14-,18+/m1/s1. The molecule has 2 fully saturated rings. The van der Waals surface area contributed by atoms with Gasteiger partial charge in [-0.3, -0.25) is 4.79 Å². The number of amides is 1. The monoisotopic (exact) mass is 332 g/mol. The number of benzene rings is 1. The van der Waals surface area contributed by atoms with Crippen LogP contribution in [0.3, 0.4) is 0 Å². The third-order valence-electron chi connectivity index (χ3n) is 4.84. The predicted octanol–water partition coefficient (Wildman–Crippen LogP) is 2.39. The third kappa shape index (κ3) is 4.71. The summed E-state index contributed by atoms with van der Waals surface area (Å²) in [5.74, 6) is 0.915. The Hall–Kier alpha value is -1.59.